The predicted octanol–water partition coefficient (Wildman–Crippen LogP) is 5.06. The lowest BCUT2D eigenvalue weighted by Gasteiger charge is -2.16. The van der Waals surface area contributed by atoms with E-state index < -0.39 is 5.97 Å². The van der Waals surface area contributed by atoms with Gasteiger partial charge in [0.2, 0.25) is 0 Å². The highest BCUT2D eigenvalue weighted by Gasteiger charge is 2.34. The Hall–Kier alpha value is -1.31. The second-order valence-corrected chi connectivity index (χ2v) is 8.10. The van der Waals surface area contributed by atoms with E-state index in [0.717, 1.165) is 29.6 Å². The fourth-order valence-corrected chi connectivity index (χ4v) is 4.63. The van der Waals surface area contributed by atoms with Crippen LogP contribution in [0.25, 0.3) is 0 Å². The Morgan fingerprint density at radius 2 is 1.76 bits per heavy atom. The molecule has 140 valence electrons. The third-order valence-electron chi connectivity index (χ3n) is 6.07. The third kappa shape index (κ3) is 6.84. The molecule has 0 amide bonds. The van der Waals surface area contributed by atoms with E-state index in [0.29, 0.717) is 6.42 Å². The van der Waals surface area contributed by atoms with Gasteiger partial charge < -0.3 is 9.90 Å². The first kappa shape index (κ1) is 20.0. The molecule has 2 nitrogen and oxygen atoms in total. The molecule has 5 atom stereocenters. The summed E-state index contributed by atoms with van der Waals surface area (Å²) < 4.78 is 0. The van der Waals surface area contributed by atoms with Crippen LogP contribution in [-0.2, 0) is 4.79 Å². The molecular weight excluding hydrogens is 308 g/mol. The van der Waals surface area contributed by atoms with Gasteiger partial charge in [0.25, 0.3) is 0 Å². The normalized spacial score (nSPS) is 32.8. The first-order valence-electron chi connectivity index (χ1n) is 10.3. The maximum Gasteiger partial charge on any atom is 0.0417 e. The van der Waals surface area contributed by atoms with Crippen LogP contribution in [-0.4, -0.2) is 5.97 Å². The molecule has 4 bridgehead atoms. The number of rotatable bonds is 6. The van der Waals surface area contributed by atoms with Crippen molar-refractivity contribution in [2.24, 2.45) is 29.6 Å². The zero-order chi connectivity index (χ0) is 18.1. The van der Waals surface area contributed by atoms with Crippen molar-refractivity contribution in [2.45, 2.75) is 71.1 Å². The van der Waals surface area contributed by atoms with Gasteiger partial charge in [-0.2, -0.15) is 0 Å². The molecule has 0 heterocycles. The molecule has 0 N–H and O–H groups in total. The summed E-state index contributed by atoms with van der Waals surface area (Å²) >= 11 is 0. The highest BCUT2D eigenvalue weighted by Crippen LogP contribution is 2.45. The van der Waals surface area contributed by atoms with Crippen molar-refractivity contribution >= 4 is 5.97 Å². The Morgan fingerprint density at radius 1 is 1.08 bits per heavy atom. The topological polar surface area (TPSA) is 40.1 Å². The van der Waals surface area contributed by atoms with E-state index in [1.54, 1.807) is 6.08 Å². The lowest BCUT2D eigenvalue weighted by atomic mass is 9.89. The maximum atomic E-state index is 9.60. The van der Waals surface area contributed by atoms with Crippen LogP contribution in [0.1, 0.15) is 71.1 Å². The number of allylic oxidation sites excluding steroid dienone is 5. The van der Waals surface area contributed by atoms with Gasteiger partial charge in [-0.05, 0) is 81.0 Å². The summed E-state index contributed by atoms with van der Waals surface area (Å²) in [5, 5.41) is 9.60. The Kier molecular flexibility index (Phi) is 8.51. The lowest BCUT2D eigenvalue weighted by Crippen LogP contribution is -2.21. The van der Waals surface area contributed by atoms with E-state index in [1.807, 2.05) is 0 Å². The molecule has 0 aromatic carbocycles. The Morgan fingerprint density at radius 3 is 2.08 bits per heavy atom. The number of carbonyl (C=O) groups excluding carboxylic acids is 1. The van der Waals surface area contributed by atoms with Gasteiger partial charge in [0, 0.05) is 5.97 Å². The van der Waals surface area contributed by atoms with Crippen molar-refractivity contribution in [3.63, 3.8) is 0 Å². The van der Waals surface area contributed by atoms with Gasteiger partial charge >= 0.3 is 0 Å². The molecule has 0 spiro atoms. The molecule has 4 aliphatic rings. The zero-order valence-corrected chi connectivity index (χ0v) is 15.9. The molecular formula is C23H35O2-. The average Bonchev–Trinajstić information content (AvgIpc) is 3.41. The zero-order valence-electron chi connectivity index (χ0n) is 15.9. The van der Waals surface area contributed by atoms with Crippen LogP contribution in [0.3, 0.4) is 0 Å². The number of fused-ring (bicyclic) bond motifs is 4. The van der Waals surface area contributed by atoms with Gasteiger partial charge in [-0.15, -0.1) is 6.58 Å². The standard InChI is InChI=1S/C11H18.C7H10.C5H8O2/c1-2-3-4-10-7-9-5-6-11(10)8-9;1-2-7-4-3-6(1)5-7;1-2-3-4-5(6)7/h5-6,9-11H,2-4,7-8H2,1H3;1-2,6-7H,3-5H2;2H,1,3-4H2,(H,6,7)/p-1. The van der Waals surface area contributed by atoms with Crippen molar-refractivity contribution in [1.82, 2.24) is 0 Å². The Balaban J connectivity index is 0.000000142. The van der Waals surface area contributed by atoms with E-state index in [-0.39, 0.29) is 6.42 Å². The molecule has 0 aromatic rings. The highest BCUT2D eigenvalue weighted by atomic mass is 16.4. The summed E-state index contributed by atoms with van der Waals surface area (Å²) in [7, 11) is 0. The van der Waals surface area contributed by atoms with E-state index >= 15 is 0 Å². The molecule has 0 aromatic heterocycles. The van der Waals surface area contributed by atoms with Crippen LogP contribution in [0.2, 0.25) is 0 Å². The molecule has 4 rings (SSSR count). The molecule has 2 fully saturated rings. The number of carboxylic acids is 1. The van der Waals surface area contributed by atoms with E-state index in [9.17, 15) is 9.90 Å². The number of hydrogen-bond acceptors (Lipinski definition) is 2. The van der Waals surface area contributed by atoms with Crippen LogP contribution in [0.15, 0.2) is 37.0 Å². The Labute approximate surface area is 154 Å². The number of carbonyl (C=O) groups is 1. The van der Waals surface area contributed by atoms with Crippen LogP contribution in [0.5, 0.6) is 0 Å². The monoisotopic (exact) mass is 343 g/mol. The van der Waals surface area contributed by atoms with Crippen molar-refractivity contribution in [2.75, 3.05) is 0 Å². The van der Waals surface area contributed by atoms with Crippen molar-refractivity contribution in [3.8, 4) is 0 Å². The summed E-state index contributed by atoms with van der Waals surface area (Å²) in [6.45, 7) is 5.64. The van der Waals surface area contributed by atoms with Gasteiger partial charge in [-0.3, -0.25) is 0 Å². The second kappa shape index (κ2) is 10.6. The van der Waals surface area contributed by atoms with Crippen molar-refractivity contribution in [1.29, 1.82) is 0 Å². The molecule has 25 heavy (non-hydrogen) atoms. The minimum Gasteiger partial charge on any atom is -0.550 e. The van der Waals surface area contributed by atoms with Crippen molar-refractivity contribution < 1.29 is 9.90 Å². The number of unbranched alkanes of at least 4 members (excludes halogenated alkanes) is 1. The second-order valence-electron chi connectivity index (χ2n) is 8.10. The molecule has 0 radical (unpaired) electrons. The van der Waals surface area contributed by atoms with E-state index in [4.69, 9.17) is 0 Å². The summed E-state index contributed by atoms with van der Waals surface area (Å²) in [6.07, 6.45) is 23.5. The maximum absolute atomic E-state index is 9.60. The Bertz CT molecular complexity index is 464. The summed E-state index contributed by atoms with van der Waals surface area (Å²) in [5.41, 5.74) is 0. The summed E-state index contributed by atoms with van der Waals surface area (Å²) in [5.74, 6) is 3.98. The SMILES string of the molecule is C1=CC2CCC1C2.C=CCCC(=O)[O-].CCCCC1CC2C=CC1C2. The van der Waals surface area contributed by atoms with Crippen LogP contribution in [0, 0.1) is 29.6 Å². The lowest BCUT2D eigenvalue weighted by molar-refractivity contribution is -0.305. The summed E-state index contributed by atoms with van der Waals surface area (Å²) in [4.78, 5) is 9.60. The quantitative estimate of drug-likeness (QED) is 0.632. The van der Waals surface area contributed by atoms with Crippen molar-refractivity contribution in [3.05, 3.63) is 37.0 Å². The van der Waals surface area contributed by atoms with E-state index in [2.05, 4.69) is 37.8 Å². The summed E-state index contributed by atoms with van der Waals surface area (Å²) in [6, 6.07) is 0. The molecule has 5 unspecified atom stereocenters. The average molecular weight is 344 g/mol. The number of carboxylic acid groups (broad SMARTS) is 1. The van der Waals surface area contributed by atoms with Crippen LogP contribution < -0.4 is 5.11 Å². The van der Waals surface area contributed by atoms with Gasteiger partial charge in [0.1, 0.15) is 0 Å². The molecule has 0 saturated heterocycles. The smallest absolute Gasteiger partial charge is 0.0417 e. The van der Waals surface area contributed by atoms with Crippen LogP contribution >= 0.6 is 0 Å². The van der Waals surface area contributed by atoms with E-state index in [1.165, 1.54) is 51.4 Å². The molecule has 4 aliphatic carbocycles. The largest absolute Gasteiger partial charge is 0.550 e. The minimum absolute atomic E-state index is 0.0868. The van der Waals surface area contributed by atoms with Crippen LogP contribution in [0.4, 0.5) is 0 Å². The number of aliphatic carboxylic acids is 1. The first-order chi connectivity index (χ1) is 12.1. The molecule has 2 saturated carbocycles. The van der Waals surface area contributed by atoms with Gasteiger partial charge in [0.05, 0.1) is 0 Å². The fraction of sp³-hybridized carbons (Fsp3) is 0.696. The van der Waals surface area contributed by atoms with Gasteiger partial charge in [0.15, 0.2) is 0 Å². The first-order valence-corrected chi connectivity index (χ1v) is 10.3. The van der Waals surface area contributed by atoms with Gasteiger partial charge in [-0.25, -0.2) is 0 Å². The third-order valence-corrected chi connectivity index (χ3v) is 6.07. The predicted molar refractivity (Wildman–Crippen MR) is 103 cm³/mol. The highest BCUT2D eigenvalue weighted by molar-refractivity contribution is 5.64. The molecule has 0 aliphatic heterocycles. The minimum atomic E-state index is -1.01. The number of hydrogen-bond donors (Lipinski definition) is 0. The fourth-order valence-electron chi connectivity index (χ4n) is 4.63. The van der Waals surface area contributed by atoms with Gasteiger partial charge in [-0.1, -0.05) is 50.1 Å². The molecule has 2 heteroatoms.